The normalized spacial score (nSPS) is 10.1. The molecule has 2 heterocycles. The molecule has 0 amide bonds. The van der Waals surface area contributed by atoms with E-state index in [-0.39, 0.29) is 0 Å². The highest BCUT2D eigenvalue weighted by atomic mass is 15.1. The number of aromatic nitrogens is 4. The van der Waals surface area contributed by atoms with Crippen LogP contribution in [0.3, 0.4) is 0 Å². The van der Waals surface area contributed by atoms with Crippen molar-refractivity contribution < 1.29 is 0 Å². The zero-order valence-electron chi connectivity index (χ0n) is 8.10. The zero-order valence-corrected chi connectivity index (χ0v) is 8.10. The van der Waals surface area contributed by atoms with Crippen molar-refractivity contribution in [1.82, 2.24) is 20.2 Å². The second-order valence-corrected chi connectivity index (χ2v) is 3.09. The van der Waals surface area contributed by atoms with E-state index in [9.17, 15) is 0 Å². The number of aryl methyl sites for hydroxylation is 2. The van der Waals surface area contributed by atoms with E-state index in [0.717, 1.165) is 16.8 Å². The molecule has 2 rings (SSSR count). The number of nitrogens with zero attached hydrogens (tertiary/aromatic N) is 4. The number of rotatable bonds is 1. The molecular weight excluding hydrogens is 176 g/mol. The van der Waals surface area contributed by atoms with E-state index < -0.39 is 0 Å². The Bertz CT molecular complexity index is 439. The third-order valence-electron chi connectivity index (χ3n) is 2.07. The van der Waals surface area contributed by atoms with Gasteiger partial charge < -0.3 is 0 Å². The molecule has 0 bridgehead atoms. The van der Waals surface area contributed by atoms with E-state index in [2.05, 4.69) is 20.2 Å². The van der Waals surface area contributed by atoms with Gasteiger partial charge in [-0.25, -0.2) is 9.97 Å². The predicted molar refractivity (Wildman–Crippen MR) is 52.5 cm³/mol. The highest BCUT2D eigenvalue weighted by Gasteiger charge is 2.02. The Hall–Kier alpha value is -1.84. The van der Waals surface area contributed by atoms with Crippen LogP contribution in [0, 0.1) is 13.8 Å². The van der Waals surface area contributed by atoms with Crippen molar-refractivity contribution >= 4 is 0 Å². The molecule has 4 heteroatoms. The van der Waals surface area contributed by atoms with Gasteiger partial charge in [-0.3, -0.25) is 0 Å². The zero-order chi connectivity index (χ0) is 9.97. The quantitative estimate of drug-likeness (QED) is 0.678. The smallest absolute Gasteiger partial charge is 0.161 e. The molecule has 0 saturated carbocycles. The van der Waals surface area contributed by atoms with Crippen LogP contribution >= 0.6 is 0 Å². The second-order valence-electron chi connectivity index (χ2n) is 3.09. The van der Waals surface area contributed by atoms with Crippen molar-refractivity contribution in [3.8, 4) is 11.4 Å². The average Bonchev–Trinajstić information content (AvgIpc) is 2.23. The molecule has 0 N–H and O–H groups in total. The van der Waals surface area contributed by atoms with Crippen molar-refractivity contribution in [2.24, 2.45) is 0 Å². The standard InChI is InChI=1S/C10H10N4/c1-7-5-11-10(14-8(7)2)9-3-4-12-13-6-9/h3-6H,1-2H3. The molecular formula is C10H10N4. The lowest BCUT2D eigenvalue weighted by atomic mass is 10.2. The third-order valence-corrected chi connectivity index (χ3v) is 2.07. The molecule has 2 aromatic rings. The minimum absolute atomic E-state index is 0.697. The predicted octanol–water partition coefficient (Wildman–Crippen LogP) is 1.55. The van der Waals surface area contributed by atoms with Gasteiger partial charge in [0.05, 0.1) is 12.4 Å². The van der Waals surface area contributed by atoms with Crippen molar-refractivity contribution in [3.63, 3.8) is 0 Å². The summed E-state index contributed by atoms with van der Waals surface area (Å²) in [5.74, 6) is 0.697. The first-order chi connectivity index (χ1) is 6.77. The molecule has 70 valence electrons. The van der Waals surface area contributed by atoms with E-state index in [1.165, 1.54) is 0 Å². The highest BCUT2D eigenvalue weighted by molar-refractivity contribution is 5.52. The maximum atomic E-state index is 4.36. The molecule has 0 aliphatic carbocycles. The molecule has 0 aromatic carbocycles. The van der Waals surface area contributed by atoms with Crippen LogP contribution in [0.15, 0.2) is 24.7 Å². The molecule has 0 spiro atoms. The van der Waals surface area contributed by atoms with Gasteiger partial charge >= 0.3 is 0 Å². The Kier molecular flexibility index (Phi) is 2.18. The Labute approximate surface area is 82.1 Å². The van der Waals surface area contributed by atoms with Crippen molar-refractivity contribution in [1.29, 1.82) is 0 Å². The topological polar surface area (TPSA) is 51.6 Å². The van der Waals surface area contributed by atoms with Gasteiger partial charge in [0.1, 0.15) is 0 Å². The molecule has 2 aromatic heterocycles. The molecule has 0 atom stereocenters. The lowest BCUT2D eigenvalue weighted by Gasteiger charge is -2.01. The van der Waals surface area contributed by atoms with Crippen LogP contribution in [0.25, 0.3) is 11.4 Å². The largest absolute Gasteiger partial charge is 0.236 e. The van der Waals surface area contributed by atoms with E-state index in [1.807, 2.05) is 26.1 Å². The van der Waals surface area contributed by atoms with E-state index in [4.69, 9.17) is 0 Å². The van der Waals surface area contributed by atoms with Gasteiger partial charge in [-0.15, -0.1) is 0 Å². The number of hydrogen-bond acceptors (Lipinski definition) is 4. The highest BCUT2D eigenvalue weighted by Crippen LogP contribution is 2.13. The maximum absolute atomic E-state index is 4.36. The molecule has 0 radical (unpaired) electrons. The third kappa shape index (κ3) is 1.59. The Balaban J connectivity index is 2.48. The van der Waals surface area contributed by atoms with E-state index in [1.54, 1.807) is 12.4 Å². The van der Waals surface area contributed by atoms with Gasteiger partial charge in [0.15, 0.2) is 5.82 Å². The fourth-order valence-corrected chi connectivity index (χ4v) is 1.09. The molecule has 0 saturated heterocycles. The fraction of sp³-hybridized carbons (Fsp3) is 0.200. The average molecular weight is 186 g/mol. The van der Waals surface area contributed by atoms with Crippen LogP contribution < -0.4 is 0 Å². The van der Waals surface area contributed by atoms with Gasteiger partial charge in [-0.05, 0) is 25.5 Å². The first kappa shape index (κ1) is 8.74. The first-order valence-corrected chi connectivity index (χ1v) is 4.34. The summed E-state index contributed by atoms with van der Waals surface area (Å²) >= 11 is 0. The summed E-state index contributed by atoms with van der Waals surface area (Å²) in [5, 5.41) is 7.49. The van der Waals surface area contributed by atoms with Gasteiger partial charge in [-0.2, -0.15) is 10.2 Å². The number of hydrogen-bond donors (Lipinski definition) is 0. The molecule has 0 unspecified atom stereocenters. The Morgan fingerprint density at radius 2 is 1.93 bits per heavy atom. The molecule has 4 nitrogen and oxygen atoms in total. The van der Waals surface area contributed by atoms with Crippen molar-refractivity contribution in [2.45, 2.75) is 13.8 Å². The van der Waals surface area contributed by atoms with Crippen LogP contribution in [0.2, 0.25) is 0 Å². The lowest BCUT2D eigenvalue weighted by molar-refractivity contribution is 1.01. The molecule has 0 fully saturated rings. The summed E-state index contributed by atoms with van der Waals surface area (Å²) in [6, 6.07) is 1.84. The molecule has 14 heavy (non-hydrogen) atoms. The maximum Gasteiger partial charge on any atom is 0.161 e. The SMILES string of the molecule is Cc1cnc(-c2ccnnc2)nc1C. The summed E-state index contributed by atoms with van der Waals surface area (Å²) < 4.78 is 0. The van der Waals surface area contributed by atoms with Crippen LogP contribution in [0.1, 0.15) is 11.3 Å². The minimum Gasteiger partial charge on any atom is -0.236 e. The summed E-state index contributed by atoms with van der Waals surface area (Å²) in [4.78, 5) is 8.59. The van der Waals surface area contributed by atoms with Crippen molar-refractivity contribution in [3.05, 3.63) is 35.9 Å². The van der Waals surface area contributed by atoms with Crippen LogP contribution in [-0.2, 0) is 0 Å². The summed E-state index contributed by atoms with van der Waals surface area (Å²) in [5.41, 5.74) is 2.98. The summed E-state index contributed by atoms with van der Waals surface area (Å²) in [7, 11) is 0. The molecule has 0 aliphatic heterocycles. The molecule has 0 aliphatic rings. The summed E-state index contributed by atoms with van der Waals surface area (Å²) in [6.45, 7) is 3.96. The van der Waals surface area contributed by atoms with Crippen molar-refractivity contribution in [2.75, 3.05) is 0 Å². The van der Waals surface area contributed by atoms with E-state index >= 15 is 0 Å². The first-order valence-electron chi connectivity index (χ1n) is 4.34. The lowest BCUT2D eigenvalue weighted by Crippen LogP contribution is -1.94. The van der Waals surface area contributed by atoms with Crippen LogP contribution in [0.4, 0.5) is 0 Å². The second kappa shape index (κ2) is 3.49. The Morgan fingerprint density at radius 1 is 1.07 bits per heavy atom. The van der Waals surface area contributed by atoms with Gasteiger partial charge in [-0.1, -0.05) is 0 Å². The van der Waals surface area contributed by atoms with Gasteiger partial charge in [0.25, 0.3) is 0 Å². The summed E-state index contributed by atoms with van der Waals surface area (Å²) in [6.07, 6.45) is 5.11. The van der Waals surface area contributed by atoms with Crippen LogP contribution in [0.5, 0.6) is 0 Å². The Morgan fingerprint density at radius 3 is 2.57 bits per heavy atom. The van der Waals surface area contributed by atoms with Crippen LogP contribution in [-0.4, -0.2) is 20.2 Å². The van der Waals surface area contributed by atoms with E-state index in [0.29, 0.717) is 5.82 Å². The van der Waals surface area contributed by atoms with Gasteiger partial charge in [0, 0.05) is 17.5 Å². The van der Waals surface area contributed by atoms with Gasteiger partial charge in [0.2, 0.25) is 0 Å². The minimum atomic E-state index is 0.697. The fourth-order valence-electron chi connectivity index (χ4n) is 1.09. The monoisotopic (exact) mass is 186 g/mol.